The zero-order valence-electron chi connectivity index (χ0n) is 9.07. The molecule has 4 heteroatoms. The number of methoxy groups -OCH3 is 2. The molecule has 0 heterocycles. The van der Waals surface area contributed by atoms with Crippen molar-refractivity contribution in [3.8, 4) is 17.6 Å². The maximum atomic E-state index is 8.80. The Hall–Kier alpha value is -1.73. The van der Waals surface area contributed by atoms with E-state index in [1.165, 1.54) is 0 Å². The Morgan fingerprint density at radius 3 is 2.47 bits per heavy atom. The van der Waals surface area contributed by atoms with Gasteiger partial charge in [-0.05, 0) is 18.6 Å². The first-order valence-corrected chi connectivity index (χ1v) is 4.51. The second-order valence-electron chi connectivity index (χ2n) is 3.17. The van der Waals surface area contributed by atoms with E-state index >= 15 is 0 Å². The number of benzene rings is 1. The molecule has 0 amide bonds. The second-order valence-corrected chi connectivity index (χ2v) is 3.17. The van der Waals surface area contributed by atoms with Crippen LogP contribution in [0.3, 0.4) is 0 Å². The van der Waals surface area contributed by atoms with Crippen molar-refractivity contribution in [1.82, 2.24) is 0 Å². The highest BCUT2D eigenvalue weighted by Gasteiger charge is 2.15. The summed E-state index contributed by atoms with van der Waals surface area (Å²) in [6.07, 6.45) is 0. The molecule has 0 aliphatic heterocycles. The van der Waals surface area contributed by atoms with Gasteiger partial charge in [0.25, 0.3) is 0 Å². The molecule has 80 valence electrons. The van der Waals surface area contributed by atoms with Crippen LogP contribution in [0.2, 0.25) is 0 Å². The van der Waals surface area contributed by atoms with E-state index in [1.54, 1.807) is 20.3 Å². The highest BCUT2D eigenvalue weighted by atomic mass is 16.5. The zero-order valence-corrected chi connectivity index (χ0v) is 9.07. The van der Waals surface area contributed by atoms with Crippen molar-refractivity contribution < 1.29 is 9.47 Å². The highest BCUT2D eigenvalue weighted by Crippen LogP contribution is 2.31. The lowest BCUT2D eigenvalue weighted by Gasteiger charge is -2.14. The molecule has 1 aromatic carbocycles. The number of hydrogen-bond acceptors (Lipinski definition) is 4. The minimum Gasteiger partial charge on any atom is -0.497 e. The number of nitriles is 1. The minimum atomic E-state index is -0.675. The number of nitrogens with zero attached hydrogens (tertiary/aromatic N) is 1. The molecule has 0 spiro atoms. The van der Waals surface area contributed by atoms with E-state index in [4.69, 9.17) is 20.5 Å². The molecule has 0 fully saturated rings. The third-order valence-corrected chi connectivity index (χ3v) is 2.23. The number of aryl methyl sites for hydroxylation is 1. The molecular weight excluding hydrogens is 192 g/mol. The Kier molecular flexibility index (Phi) is 3.53. The molecule has 15 heavy (non-hydrogen) atoms. The Balaban J connectivity index is 3.32. The van der Waals surface area contributed by atoms with Crippen LogP contribution < -0.4 is 15.2 Å². The quantitative estimate of drug-likeness (QED) is 0.814. The molecule has 0 saturated heterocycles. The molecule has 1 rings (SSSR count). The maximum absolute atomic E-state index is 8.80. The van der Waals surface area contributed by atoms with Crippen LogP contribution in [-0.4, -0.2) is 14.2 Å². The smallest absolute Gasteiger partial charge is 0.128 e. The number of nitrogens with two attached hydrogens (primary N) is 1. The zero-order chi connectivity index (χ0) is 11.4. The van der Waals surface area contributed by atoms with E-state index in [0.29, 0.717) is 17.1 Å². The van der Waals surface area contributed by atoms with Gasteiger partial charge in [-0.3, -0.25) is 0 Å². The van der Waals surface area contributed by atoms with Crippen molar-refractivity contribution in [2.24, 2.45) is 5.73 Å². The van der Waals surface area contributed by atoms with Gasteiger partial charge in [-0.1, -0.05) is 0 Å². The first-order valence-electron chi connectivity index (χ1n) is 4.51. The van der Waals surface area contributed by atoms with Gasteiger partial charge >= 0.3 is 0 Å². The van der Waals surface area contributed by atoms with Crippen LogP contribution in [0.15, 0.2) is 12.1 Å². The minimum absolute atomic E-state index is 0.584. The Morgan fingerprint density at radius 2 is 2.00 bits per heavy atom. The number of rotatable bonds is 3. The van der Waals surface area contributed by atoms with Crippen LogP contribution in [0.5, 0.6) is 11.5 Å². The molecule has 1 aromatic rings. The first-order chi connectivity index (χ1) is 7.13. The van der Waals surface area contributed by atoms with Crippen LogP contribution in [0.25, 0.3) is 0 Å². The molecule has 0 bridgehead atoms. The van der Waals surface area contributed by atoms with Crippen molar-refractivity contribution in [2.75, 3.05) is 14.2 Å². The van der Waals surface area contributed by atoms with Gasteiger partial charge in [-0.2, -0.15) is 5.26 Å². The van der Waals surface area contributed by atoms with Crippen LogP contribution in [0.4, 0.5) is 0 Å². The van der Waals surface area contributed by atoms with Crippen molar-refractivity contribution in [1.29, 1.82) is 5.26 Å². The lowest BCUT2D eigenvalue weighted by atomic mass is 10.0. The van der Waals surface area contributed by atoms with Crippen molar-refractivity contribution in [2.45, 2.75) is 13.0 Å². The van der Waals surface area contributed by atoms with Gasteiger partial charge in [0.15, 0.2) is 0 Å². The van der Waals surface area contributed by atoms with Gasteiger partial charge in [0, 0.05) is 11.6 Å². The largest absolute Gasteiger partial charge is 0.497 e. The summed E-state index contributed by atoms with van der Waals surface area (Å²) in [7, 11) is 3.12. The Labute approximate surface area is 89.2 Å². The molecule has 0 aliphatic rings. The number of hydrogen-bond donors (Lipinski definition) is 1. The summed E-state index contributed by atoms with van der Waals surface area (Å²) in [4.78, 5) is 0. The summed E-state index contributed by atoms with van der Waals surface area (Å²) in [5.41, 5.74) is 7.28. The van der Waals surface area contributed by atoms with Gasteiger partial charge in [-0.15, -0.1) is 0 Å². The molecule has 0 aromatic heterocycles. The Morgan fingerprint density at radius 1 is 1.33 bits per heavy atom. The topological polar surface area (TPSA) is 68.3 Å². The first kappa shape index (κ1) is 11.3. The van der Waals surface area contributed by atoms with E-state index in [2.05, 4.69) is 0 Å². The van der Waals surface area contributed by atoms with Crippen molar-refractivity contribution in [3.05, 3.63) is 23.3 Å². The third kappa shape index (κ3) is 2.20. The number of ether oxygens (including phenoxy) is 2. The second kappa shape index (κ2) is 4.67. The van der Waals surface area contributed by atoms with Gasteiger partial charge in [0.05, 0.1) is 20.3 Å². The average molecular weight is 206 g/mol. The fraction of sp³-hybridized carbons (Fsp3) is 0.364. The Bertz CT molecular complexity index is 396. The maximum Gasteiger partial charge on any atom is 0.128 e. The monoisotopic (exact) mass is 206 g/mol. The molecule has 4 nitrogen and oxygen atoms in total. The van der Waals surface area contributed by atoms with E-state index in [0.717, 1.165) is 5.56 Å². The fourth-order valence-electron chi connectivity index (χ4n) is 1.48. The van der Waals surface area contributed by atoms with E-state index < -0.39 is 6.04 Å². The van der Waals surface area contributed by atoms with E-state index in [9.17, 15) is 0 Å². The fourth-order valence-corrected chi connectivity index (χ4v) is 1.48. The van der Waals surface area contributed by atoms with Gasteiger partial charge in [0.1, 0.15) is 17.5 Å². The van der Waals surface area contributed by atoms with E-state index in [-0.39, 0.29) is 0 Å². The molecule has 1 unspecified atom stereocenters. The predicted molar refractivity (Wildman–Crippen MR) is 56.8 cm³/mol. The van der Waals surface area contributed by atoms with Crippen LogP contribution in [-0.2, 0) is 0 Å². The standard InChI is InChI=1S/C11H14N2O2/c1-7-4-8(14-2)5-10(15-3)11(7)9(13)6-12/h4-5,9H,13H2,1-3H3. The van der Waals surface area contributed by atoms with Gasteiger partial charge in [0.2, 0.25) is 0 Å². The SMILES string of the molecule is COc1cc(C)c(C(N)C#N)c(OC)c1. The average Bonchev–Trinajstić information content (AvgIpc) is 2.26. The molecule has 0 aliphatic carbocycles. The summed E-state index contributed by atoms with van der Waals surface area (Å²) >= 11 is 0. The molecular formula is C11H14N2O2. The lowest BCUT2D eigenvalue weighted by Crippen LogP contribution is -2.11. The molecule has 0 radical (unpaired) electrons. The summed E-state index contributed by atoms with van der Waals surface area (Å²) in [5.74, 6) is 1.28. The molecule has 2 N–H and O–H groups in total. The summed E-state index contributed by atoms with van der Waals surface area (Å²) in [6.45, 7) is 1.87. The van der Waals surface area contributed by atoms with Crippen LogP contribution >= 0.6 is 0 Å². The van der Waals surface area contributed by atoms with Crippen molar-refractivity contribution in [3.63, 3.8) is 0 Å². The van der Waals surface area contributed by atoms with Crippen LogP contribution in [0.1, 0.15) is 17.2 Å². The highest BCUT2D eigenvalue weighted by molar-refractivity contribution is 5.49. The molecule has 0 saturated carbocycles. The lowest BCUT2D eigenvalue weighted by molar-refractivity contribution is 0.389. The van der Waals surface area contributed by atoms with Crippen molar-refractivity contribution >= 4 is 0 Å². The summed E-state index contributed by atoms with van der Waals surface area (Å²) < 4.78 is 10.3. The normalized spacial score (nSPS) is 11.7. The predicted octanol–water partition coefficient (Wildman–Crippen LogP) is 1.54. The van der Waals surface area contributed by atoms with Gasteiger partial charge in [-0.25, -0.2) is 0 Å². The summed E-state index contributed by atoms with van der Waals surface area (Å²) in [6, 6.07) is 4.87. The third-order valence-electron chi connectivity index (χ3n) is 2.23. The molecule has 1 atom stereocenters. The van der Waals surface area contributed by atoms with E-state index in [1.807, 2.05) is 19.1 Å². The van der Waals surface area contributed by atoms with Gasteiger partial charge < -0.3 is 15.2 Å². The summed E-state index contributed by atoms with van der Waals surface area (Å²) in [5, 5.41) is 8.80. The van der Waals surface area contributed by atoms with Crippen LogP contribution in [0, 0.1) is 18.3 Å².